The third-order valence-electron chi connectivity index (χ3n) is 1.19. The lowest BCUT2D eigenvalue weighted by atomic mass is 10.3. The summed E-state index contributed by atoms with van der Waals surface area (Å²) >= 11 is 1.45. The van der Waals surface area contributed by atoms with Crippen molar-refractivity contribution in [2.24, 2.45) is 5.73 Å². The van der Waals surface area contributed by atoms with Gasteiger partial charge in [-0.05, 0) is 23.9 Å². The average Bonchev–Trinajstić information content (AvgIpc) is 2.34. The largest absolute Gasteiger partial charge is 0.324 e. The van der Waals surface area contributed by atoms with Crippen molar-refractivity contribution < 1.29 is 4.79 Å². The lowest BCUT2D eigenvalue weighted by Crippen LogP contribution is -2.11. The summed E-state index contributed by atoms with van der Waals surface area (Å²) in [7, 11) is 0. The Bertz CT molecular complexity index is 242. The minimum absolute atomic E-state index is 0.0260. The third-order valence-corrected chi connectivity index (χ3v) is 2.28. The zero-order valence-corrected chi connectivity index (χ0v) is 6.57. The van der Waals surface area contributed by atoms with Crippen molar-refractivity contribution in [1.29, 1.82) is 0 Å². The second-order valence-electron chi connectivity index (χ2n) is 2.12. The number of aryl methyl sites for hydroxylation is 1. The normalized spacial score (nSPS) is 9.80. The Labute approximate surface area is 63.7 Å². The Morgan fingerprint density at radius 3 is 2.90 bits per heavy atom. The summed E-state index contributed by atoms with van der Waals surface area (Å²) in [5, 5.41) is 1.95. The number of thiophene rings is 1. The number of carbonyl (C=O) groups excluding carboxylic acids is 1. The van der Waals surface area contributed by atoms with Crippen LogP contribution in [0, 0.1) is 6.92 Å². The molecule has 10 heavy (non-hydrogen) atoms. The van der Waals surface area contributed by atoms with E-state index in [9.17, 15) is 4.79 Å². The first-order chi connectivity index (χ1) is 4.74. The lowest BCUT2D eigenvalue weighted by Gasteiger charge is -1.87. The van der Waals surface area contributed by atoms with E-state index in [1.165, 1.54) is 11.3 Å². The van der Waals surface area contributed by atoms with Crippen LogP contribution in [-0.4, -0.2) is 12.3 Å². The molecule has 54 valence electrons. The second-order valence-corrected chi connectivity index (χ2v) is 3.03. The lowest BCUT2D eigenvalue weighted by molar-refractivity contribution is 0.100. The number of carbonyl (C=O) groups is 1. The molecule has 1 rings (SSSR count). The molecule has 0 unspecified atom stereocenters. The molecule has 0 aliphatic carbocycles. The molecular formula is C7H9NOS. The summed E-state index contributed by atoms with van der Waals surface area (Å²) < 4.78 is 0. The predicted octanol–water partition coefficient (Wildman–Crippen LogP) is 1.20. The fraction of sp³-hybridized carbons (Fsp3) is 0.286. The van der Waals surface area contributed by atoms with E-state index in [1.807, 2.05) is 18.4 Å². The number of ketones is 1. The molecule has 0 saturated heterocycles. The van der Waals surface area contributed by atoms with E-state index in [4.69, 9.17) is 5.73 Å². The Balaban J connectivity index is 2.85. The van der Waals surface area contributed by atoms with Crippen molar-refractivity contribution in [3.63, 3.8) is 0 Å². The zero-order valence-electron chi connectivity index (χ0n) is 5.76. The summed E-state index contributed by atoms with van der Waals surface area (Å²) in [4.78, 5) is 11.7. The molecule has 0 aliphatic heterocycles. The standard InChI is InChI=1S/C7H9NOS/c1-5-2-7(10-4-5)6(9)3-8/h2,4H,3,8H2,1H3. The van der Waals surface area contributed by atoms with Crippen LogP contribution in [0.2, 0.25) is 0 Å². The van der Waals surface area contributed by atoms with E-state index in [0.29, 0.717) is 0 Å². The van der Waals surface area contributed by atoms with Gasteiger partial charge in [-0.1, -0.05) is 0 Å². The van der Waals surface area contributed by atoms with Crippen molar-refractivity contribution in [3.8, 4) is 0 Å². The summed E-state index contributed by atoms with van der Waals surface area (Å²) in [6.07, 6.45) is 0. The van der Waals surface area contributed by atoms with Gasteiger partial charge in [-0.15, -0.1) is 11.3 Å². The van der Waals surface area contributed by atoms with Crippen LogP contribution in [0.25, 0.3) is 0 Å². The van der Waals surface area contributed by atoms with Gasteiger partial charge in [0.1, 0.15) is 0 Å². The zero-order chi connectivity index (χ0) is 7.56. The summed E-state index contributed by atoms with van der Waals surface area (Å²) in [6.45, 7) is 2.07. The predicted molar refractivity (Wildman–Crippen MR) is 42.4 cm³/mol. The highest BCUT2D eigenvalue weighted by atomic mass is 32.1. The SMILES string of the molecule is Cc1csc(C(=O)CN)c1. The molecular weight excluding hydrogens is 146 g/mol. The van der Waals surface area contributed by atoms with E-state index < -0.39 is 0 Å². The highest BCUT2D eigenvalue weighted by Crippen LogP contribution is 2.13. The van der Waals surface area contributed by atoms with Gasteiger partial charge in [-0.25, -0.2) is 0 Å². The van der Waals surface area contributed by atoms with Crippen LogP contribution >= 0.6 is 11.3 Å². The molecule has 0 spiro atoms. The molecule has 0 aliphatic rings. The van der Waals surface area contributed by atoms with Crippen molar-refractivity contribution in [1.82, 2.24) is 0 Å². The quantitative estimate of drug-likeness (QED) is 0.652. The van der Waals surface area contributed by atoms with Crippen LogP contribution in [0.4, 0.5) is 0 Å². The molecule has 0 bridgehead atoms. The number of Topliss-reactive ketones (excluding diaryl/α,β-unsaturated/α-hetero) is 1. The van der Waals surface area contributed by atoms with Crippen LogP contribution < -0.4 is 5.73 Å². The fourth-order valence-corrected chi connectivity index (χ4v) is 1.53. The molecule has 2 nitrogen and oxygen atoms in total. The van der Waals surface area contributed by atoms with Gasteiger partial charge in [0.2, 0.25) is 0 Å². The maximum Gasteiger partial charge on any atom is 0.186 e. The topological polar surface area (TPSA) is 43.1 Å². The molecule has 0 aromatic carbocycles. The van der Waals surface area contributed by atoms with E-state index >= 15 is 0 Å². The van der Waals surface area contributed by atoms with E-state index in [1.54, 1.807) is 0 Å². The molecule has 0 saturated carbocycles. The molecule has 1 heterocycles. The monoisotopic (exact) mass is 155 g/mol. The number of hydrogen-bond donors (Lipinski definition) is 1. The van der Waals surface area contributed by atoms with Crippen molar-refractivity contribution in [2.75, 3.05) is 6.54 Å². The highest BCUT2D eigenvalue weighted by molar-refractivity contribution is 7.12. The van der Waals surface area contributed by atoms with Gasteiger partial charge in [0.15, 0.2) is 5.78 Å². The maximum atomic E-state index is 10.9. The van der Waals surface area contributed by atoms with Gasteiger partial charge >= 0.3 is 0 Å². The number of nitrogens with two attached hydrogens (primary N) is 1. The fourth-order valence-electron chi connectivity index (χ4n) is 0.678. The highest BCUT2D eigenvalue weighted by Gasteiger charge is 2.03. The molecule has 0 atom stereocenters. The first-order valence-electron chi connectivity index (χ1n) is 3.02. The number of hydrogen-bond acceptors (Lipinski definition) is 3. The van der Waals surface area contributed by atoms with E-state index in [2.05, 4.69) is 0 Å². The second kappa shape index (κ2) is 2.94. The van der Waals surface area contributed by atoms with Crippen LogP contribution in [0.5, 0.6) is 0 Å². The maximum absolute atomic E-state index is 10.9. The minimum atomic E-state index is 0.0260. The molecule has 0 fully saturated rings. The summed E-state index contributed by atoms with van der Waals surface area (Å²) in [6, 6.07) is 1.86. The first-order valence-corrected chi connectivity index (χ1v) is 3.90. The van der Waals surface area contributed by atoms with Crippen LogP contribution in [0.15, 0.2) is 11.4 Å². The molecule has 3 heteroatoms. The Morgan fingerprint density at radius 2 is 2.50 bits per heavy atom. The van der Waals surface area contributed by atoms with Gasteiger partial charge in [-0.3, -0.25) is 4.79 Å². The smallest absolute Gasteiger partial charge is 0.186 e. The van der Waals surface area contributed by atoms with Gasteiger partial charge in [0.25, 0.3) is 0 Å². The molecule has 0 amide bonds. The summed E-state index contributed by atoms with van der Waals surface area (Å²) in [5.74, 6) is 0.0260. The van der Waals surface area contributed by atoms with Gasteiger partial charge in [0.05, 0.1) is 11.4 Å². The van der Waals surface area contributed by atoms with E-state index in [0.717, 1.165) is 10.4 Å². The van der Waals surface area contributed by atoms with Crippen molar-refractivity contribution in [2.45, 2.75) is 6.92 Å². The molecule has 2 N–H and O–H groups in total. The Kier molecular flexibility index (Phi) is 2.19. The molecule has 1 aromatic rings. The third kappa shape index (κ3) is 1.43. The van der Waals surface area contributed by atoms with Gasteiger partial charge < -0.3 is 5.73 Å². The molecule has 0 radical (unpaired) electrons. The van der Waals surface area contributed by atoms with Gasteiger partial charge in [-0.2, -0.15) is 0 Å². The van der Waals surface area contributed by atoms with Crippen LogP contribution in [0.3, 0.4) is 0 Å². The first kappa shape index (κ1) is 7.44. The van der Waals surface area contributed by atoms with Gasteiger partial charge in [0, 0.05) is 0 Å². The van der Waals surface area contributed by atoms with Crippen molar-refractivity contribution >= 4 is 17.1 Å². The Hall–Kier alpha value is -0.670. The Morgan fingerprint density at radius 1 is 1.80 bits per heavy atom. The number of rotatable bonds is 2. The van der Waals surface area contributed by atoms with Crippen LogP contribution in [-0.2, 0) is 0 Å². The van der Waals surface area contributed by atoms with Crippen LogP contribution in [0.1, 0.15) is 15.2 Å². The summed E-state index contributed by atoms with van der Waals surface area (Å²) in [5.41, 5.74) is 6.30. The van der Waals surface area contributed by atoms with E-state index in [-0.39, 0.29) is 12.3 Å². The minimum Gasteiger partial charge on any atom is -0.324 e. The average molecular weight is 155 g/mol. The van der Waals surface area contributed by atoms with Crippen molar-refractivity contribution in [3.05, 3.63) is 21.9 Å². The molecule has 1 aromatic heterocycles.